The van der Waals surface area contributed by atoms with E-state index in [0.29, 0.717) is 5.25 Å². The molecule has 0 aliphatic carbocycles. The van der Waals surface area contributed by atoms with Crippen LogP contribution in [-0.4, -0.2) is 21.1 Å². The van der Waals surface area contributed by atoms with Crippen molar-refractivity contribution in [3.05, 3.63) is 11.3 Å². The number of aromatic nitrogens is 2. The zero-order valence-corrected chi connectivity index (χ0v) is 7.11. The predicted octanol–water partition coefficient (Wildman–Crippen LogP) is 1.47. The van der Waals surface area contributed by atoms with Crippen LogP contribution in [0.1, 0.15) is 23.4 Å². The van der Waals surface area contributed by atoms with Crippen molar-refractivity contribution < 1.29 is 5.11 Å². The average molecular weight is 170 g/mol. The fourth-order valence-electron chi connectivity index (χ4n) is 1.41. The summed E-state index contributed by atoms with van der Waals surface area (Å²) in [5.74, 6) is 1.36. The van der Waals surface area contributed by atoms with Crippen molar-refractivity contribution >= 4 is 11.8 Å². The molecule has 1 aliphatic heterocycles. The molecule has 3 nitrogen and oxygen atoms in total. The van der Waals surface area contributed by atoms with Gasteiger partial charge in [-0.25, -0.2) is 5.10 Å². The molecule has 2 rings (SSSR count). The van der Waals surface area contributed by atoms with E-state index in [1.165, 1.54) is 0 Å². The van der Waals surface area contributed by atoms with Crippen molar-refractivity contribution in [3.8, 4) is 5.88 Å². The fraction of sp³-hybridized carbons (Fsp3) is 0.571. The molecule has 1 unspecified atom stereocenters. The number of fused-ring (bicyclic) bond motifs is 1. The first-order valence-corrected chi connectivity index (χ1v) is 4.71. The number of nitrogens with one attached hydrogen (secondary N) is 1. The number of aryl methyl sites for hydroxylation is 1. The van der Waals surface area contributed by atoms with Crippen molar-refractivity contribution in [1.29, 1.82) is 0 Å². The summed E-state index contributed by atoms with van der Waals surface area (Å²) in [5, 5.41) is 16.3. The zero-order chi connectivity index (χ0) is 7.84. The Morgan fingerprint density at radius 3 is 3.27 bits per heavy atom. The van der Waals surface area contributed by atoms with Crippen LogP contribution < -0.4 is 0 Å². The quantitative estimate of drug-likeness (QED) is 0.619. The van der Waals surface area contributed by atoms with Crippen LogP contribution >= 0.6 is 11.8 Å². The van der Waals surface area contributed by atoms with E-state index in [4.69, 9.17) is 0 Å². The van der Waals surface area contributed by atoms with Crippen LogP contribution in [-0.2, 0) is 6.42 Å². The van der Waals surface area contributed by atoms with Gasteiger partial charge >= 0.3 is 0 Å². The van der Waals surface area contributed by atoms with Crippen molar-refractivity contribution in [3.63, 3.8) is 0 Å². The van der Waals surface area contributed by atoms with Crippen LogP contribution in [0.25, 0.3) is 0 Å². The minimum atomic E-state index is 0.250. The minimum Gasteiger partial charge on any atom is -0.493 e. The third-order valence-corrected chi connectivity index (χ3v) is 3.15. The topological polar surface area (TPSA) is 48.9 Å². The van der Waals surface area contributed by atoms with Crippen molar-refractivity contribution in [1.82, 2.24) is 10.2 Å². The molecule has 1 aliphatic rings. The molecule has 0 amide bonds. The van der Waals surface area contributed by atoms with E-state index in [9.17, 15) is 5.11 Å². The number of aromatic amines is 1. The first-order valence-electron chi connectivity index (χ1n) is 3.66. The molecule has 0 aromatic carbocycles. The zero-order valence-electron chi connectivity index (χ0n) is 6.29. The molecule has 0 saturated heterocycles. The summed E-state index contributed by atoms with van der Waals surface area (Å²) < 4.78 is 0. The van der Waals surface area contributed by atoms with E-state index in [0.717, 1.165) is 23.4 Å². The van der Waals surface area contributed by atoms with Gasteiger partial charge in [-0.3, -0.25) is 0 Å². The maximum Gasteiger partial charge on any atom is 0.211 e. The molecule has 0 radical (unpaired) electrons. The summed E-state index contributed by atoms with van der Waals surface area (Å²) in [4.78, 5) is 0. The van der Waals surface area contributed by atoms with Gasteiger partial charge in [-0.15, -0.1) is 0 Å². The summed E-state index contributed by atoms with van der Waals surface area (Å²) in [6.45, 7) is 2.10. The number of hydrogen-bond donors (Lipinski definition) is 2. The SMILES string of the molecule is CC1SCCc2n[nH]c(O)c21. The Hall–Kier alpha value is -0.640. The van der Waals surface area contributed by atoms with Gasteiger partial charge in [-0.2, -0.15) is 16.9 Å². The molecule has 11 heavy (non-hydrogen) atoms. The lowest BCUT2D eigenvalue weighted by Gasteiger charge is -2.16. The summed E-state index contributed by atoms with van der Waals surface area (Å²) in [7, 11) is 0. The Morgan fingerprint density at radius 2 is 2.55 bits per heavy atom. The molecular weight excluding hydrogens is 160 g/mol. The van der Waals surface area contributed by atoms with Gasteiger partial charge < -0.3 is 5.11 Å². The van der Waals surface area contributed by atoms with Gasteiger partial charge in [0.15, 0.2) is 0 Å². The van der Waals surface area contributed by atoms with Gasteiger partial charge in [0.2, 0.25) is 5.88 Å². The Bertz CT molecular complexity index is 271. The molecule has 1 atom stereocenters. The highest BCUT2D eigenvalue weighted by Gasteiger charge is 2.22. The largest absolute Gasteiger partial charge is 0.493 e. The van der Waals surface area contributed by atoms with Crippen molar-refractivity contribution in [2.75, 3.05) is 5.75 Å². The standard InChI is InChI=1S/C7H10N2OS/c1-4-6-5(2-3-11-4)8-9-7(6)10/h4H,2-3H2,1H3,(H2,8,9,10). The average Bonchev–Trinajstić information content (AvgIpc) is 2.34. The number of thioether (sulfide) groups is 1. The Kier molecular flexibility index (Phi) is 1.56. The number of aromatic hydroxyl groups is 1. The second-order valence-electron chi connectivity index (χ2n) is 2.70. The molecule has 1 aromatic rings. The van der Waals surface area contributed by atoms with Gasteiger partial charge in [-0.1, -0.05) is 0 Å². The van der Waals surface area contributed by atoms with Gasteiger partial charge in [0.05, 0.1) is 5.69 Å². The third kappa shape index (κ3) is 1.01. The second-order valence-corrected chi connectivity index (χ2v) is 4.14. The summed E-state index contributed by atoms with van der Waals surface area (Å²) in [5.41, 5.74) is 2.04. The smallest absolute Gasteiger partial charge is 0.211 e. The van der Waals surface area contributed by atoms with E-state index >= 15 is 0 Å². The number of nitrogens with zero attached hydrogens (tertiary/aromatic N) is 1. The van der Waals surface area contributed by atoms with Crippen LogP contribution in [0.2, 0.25) is 0 Å². The minimum absolute atomic E-state index is 0.250. The van der Waals surface area contributed by atoms with E-state index in [1.807, 2.05) is 11.8 Å². The van der Waals surface area contributed by atoms with E-state index in [-0.39, 0.29) is 5.88 Å². The van der Waals surface area contributed by atoms with Crippen molar-refractivity contribution in [2.24, 2.45) is 0 Å². The van der Waals surface area contributed by atoms with E-state index in [1.54, 1.807) is 0 Å². The molecule has 0 saturated carbocycles. The highest BCUT2D eigenvalue weighted by Crippen LogP contribution is 2.39. The molecule has 0 fully saturated rings. The highest BCUT2D eigenvalue weighted by atomic mass is 32.2. The maximum absolute atomic E-state index is 9.34. The Morgan fingerprint density at radius 1 is 1.73 bits per heavy atom. The lowest BCUT2D eigenvalue weighted by molar-refractivity contribution is 0.446. The van der Waals surface area contributed by atoms with Gasteiger partial charge in [0.1, 0.15) is 0 Å². The number of H-pyrrole nitrogens is 1. The molecule has 0 bridgehead atoms. The van der Waals surface area contributed by atoms with Crippen molar-refractivity contribution in [2.45, 2.75) is 18.6 Å². The van der Waals surface area contributed by atoms with Crippen LogP contribution in [0.5, 0.6) is 5.88 Å². The molecule has 2 heterocycles. The molecule has 4 heteroatoms. The summed E-state index contributed by atoms with van der Waals surface area (Å²) >= 11 is 1.86. The molecule has 60 valence electrons. The summed E-state index contributed by atoms with van der Waals surface area (Å²) in [6.07, 6.45) is 0.974. The lowest BCUT2D eigenvalue weighted by Crippen LogP contribution is -2.03. The van der Waals surface area contributed by atoms with Crippen LogP contribution in [0, 0.1) is 0 Å². The normalized spacial score (nSPS) is 23.2. The van der Waals surface area contributed by atoms with E-state index < -0.39 is 0 Å². The number of rotatable bonds is 0. The van der Waals surface area contributed by atoms with Gasteiger partial charge in [0, 0.05) is 17.2 Å². The Labute approximate surface area is 69.2 Å². The van der Waals surface area contributed by atoms with Crippen LogP contribution in [0.4, 0.5) is 0 Å². The van der Waals surface area contributed by atoms with Gasteiger partial charge in [-0.05, 0) is 12.7 Å². The highest BCUT2D eigenvalue weighted by molar-refractivity contribution is 7.99. The lowest BCUT2D eigenvalue weighted by atomic mass is 10.1. The molecule has 1 aromatic heterocycles. The molecular formula is C7H10N2OS. The van der Waals surface area contributed by atoms with Crippen LogP contribution in [0.3, 0.4) is 0 Å². The molecule has 0 spiro atoms. The first kappa shape index (κ1) is 7.03. The Balaban J connectivity index is 2.48. The second kappa shape index (κ2) is 2.44. The summed E-state index contributed by atoms with van der Waals surface area (Å²) in [6, 6.07) is 0. The van der Waals surface area contributed by atoms with E-state index in [2.05, 4.69) is 17.1 Å². The fourth-order valence-corrected chi connectivity index (χ4v) is 2.49. The maximum atomic E-state index is 9.34. The predicted molar refractivity (Wildman–Crippen MR) is 44.8 cm³/mol. The monoisotopic (exact) mass is 170 g/mol. The first-order chi connectivity index (χ1) is 5.29. The third-order valence-electron chi connectivity index (χ3n) is 1.98. The number of hydrogen-bond acceptors (Lipinski definition) is 3. The molecule has 2 N–H and O–H groups in total. The van der Waals surface area contributed by atoms with Gasteiger partial charge in [0.25, 0.3) is 0 Å². The van der Waals surface area contributed by atoms with Crippen LogP contribution in [0.15, 0.2) is 0 Å².